The molecule has 3 aliphatic rings. The molecule has 0 aromatic carbocycles. The third-order valence-electron chi connectivity index (χ3n) is 4.89. The van der Waals surface area contributed by atoms with Gasteiger partial charge in [-0.15, -0.1) is 0 Å². The largest absolute Gasteiger partial charge is 0.298 e. The third kappa shape index (κ3) is 1.23. The van der Waals surface area contributed by atoms with E-state index >= 15 is 0 Å². The fourth-order valence-corrected chi connectivity index (χ4v) is 3.67. The lowest BCUT2D eigenvalue weighted by Crippen LogP contribution is -2.59. The lowest BCUT2D eigenvalue weighted by atomic mass is 9.46. The number of ketones is 2. The van der Waals surface area contributed by atoms with Gasteiger partial charge in [-0.05, 0) is 25.2 Å². The normalized spacial score (nSPS) is 40.8. The number of hydrogen-bond donors (Lipinski definition) is 0. The molecule has 0 N–H and O–H groups in total. The molecule has 2 bridgehead atoms. The summed E-state index contributed by atoms with van der Waals surface area (Å²) >= 11 is 0. The van der Waals surface area contributed by atoms with Crippen molar-refractivity contribution in [2.75, 3.05) is 0 Å². The molecule has 0 aromatic rings. The Hall–Kier alpha value is -0.990. The second kappa shape index (κ2) is 3.25. The Labute approximate surface area is 95.6 Å². The van der Waals surface area contributed by atoms with Crippen LogP contribution in [0.4, 0.5) is 0 Å². The van der Waals surface area contributed by atoms with Gasteiger partial charge in [0, 0.05) is 16.7 Å². The van der Waals surface area contributed by atoms with Crippen molar-refractivity contribution in [2.24, 2.45) is 22.7 Å². The molecule has 0 amide bonds. The Bertz CT molecular complexity index is 369. The van der Waals surface area contributed by atoms with E-state index in [-0.39, 0.29) is 23.0 Å². The van der Waals surface area contributed by atoms with E-state index in [2.05, 4.69) is 0 Å². The summed E-state index contributed by atoms with van der Waals surface area (Å²) in [4.78, 5) is 34.6. The maximum Gasteiger partial charge on any atom is 0.199 e. The van der Waals surface area contributed by atoms with Gasteiger partial charge in [0.15, 0.2) is 12.1 Å². The van der Waals surface area contributed by atoms with Gasteiger partial charge in [0.1, 0.15) is 5.78 Å². The minimum atomic E-state index is -0.601. The predicted molar refractivity (Wildman–Crippen MR) is 58.8 cm³/mol. The van der Waals surface area contributed by atoms with Gasteiger partial charge in [0.05, 0.1) is 0 Å². The highest BCUT2D eigenvalue weighted by atomic mass is 16.2. The zero-order valence-corrected chi connectivity index (χ0v) is 10.1. The summed E-state index contributed by atoms with van der Waals surface area (Å²) in [7, 11) is 0. The zero-order chi connectivity index (χ0) is 12.1. The fourth-order valence-electron chi connectivity index (χ4n) is 3.67. The van der Waals surface area contributed by atoms with Gasteiger partial charge in [-0.25, -0.2) is 0 Å². The molecule has 0 heterocycles. The molecule has 3 nitrogen and oxygen atoms in total. The molecule has 3 heteroatoms. The SMILES string of the molecule is CC1(C)C(=O)C2(C)CCC1CC2C(=O)C=O. The number of Topliss-reactive ketones (excluding diaryl/α,β-unsaturated/α-hetero) is 2. The van der Waals surface area contributed by atoms with Crippen molar-refractivity contribution in [3.8, 4) is 0 Å². The molecule has 88 valence electrons. The van der Waals surface area contributed by atoms with E-state index in [0.717, 1.165) is 12.8 Å². The van der Waals surface area contributed by atoms with Crippen LogP contribution in [-0.2, 0) is 14.4 Å². The molecular formula is C13H18O3. The summed E-state index contributed by atoms with van der Waals surface area (Å²) in [5.41, 5.74) is -0.928. The van der Waals surface area contributed by atoms with Crippen LogP contribution in [-0.4, -0.2) is 17.9 Å². The number of carbonyl (C=O) groups is 3. The van der Waals surface area contributed by atoms with Gasteiger partial charge in [-0.3, -0.25) is 14.4 Å². The standard InChI is InChI=1S/C13H18O3/c1-12(2)8-4-5-13(3,11(12)16)9(6-8)10(15)7-14/h7-9H,4-6H2,1-3H3. The monoisotopic (exact) mass is 222 g/mol. The molecule has 3 rings (SSSR count). The number of hydrogen-bond acceptors (Lipinski definition) is 3. The van der Waals surface area contributed by atoms with Gasteiger partial charge in [0.2, 0.25) is 0 Å². The van der Waals surface area contributed by atoms with E-state index in [1.54, 1.807) is 0 Å². The van der Waals surface area contributed by atoms with E-state index in [0.29, 0.717) is 12.7 Å². The van der Waals surface area contributed by atoms with Crippen LogP contribution in [0, 0.1) is 22.7 Å². The van der Waals surface area contributed by atoms with E-state index in [9.17, 15) is 14.4 Å². The highest BCUT2D eigenvalue weighted by Crippen LogP contribution is 2.58. The van der Waals surface area contributed by atoms with Gasteiger partial charge < -0.3 is 0 Å². The first-order valence-electron chi connectivity index (χ1n) is 5.88. The van der Waals surface area contributed by atoms with Gasteiger partial charge in [-0.2, -0.15) is 0 Å². The van der Waals surface area contributed by atoms with E-state index in [1.165, 1.54) is 0 Å². The number of carbonyl (C=O) groups excluding carboxylic acids is 3. The van der Waals surface area contributed by atoms with Crippen molar-refractivity contribution >= 4 is 17.9 Å². The van der Waals surface area contributed by atoms with E-state index in [1.807, 2.05) is 20.8 Å². The lowest BCUT2D eigenvalue weighted by Gasteiger charge is -2.55. The minimum absolute atomic E-state index is 0.169. The summed E-state index contributed by atoms with van der Waals surface area (Å²) in [6.07, 6.45) is 2.84. The van der Waals surface area contributed by atoms with Crippen LogP contribution in [0.25, 0.3) is 0 Å². The molecule has 0 aliphatic heterocycles. The maximum atomic E-state index is 12.4. The van der Waals surface area contributed by atoms with Crippen LogP contribution < -0.4 is 0 Å². The van der Waals surface area contributed by atoms with Gasteiger partial charge in [-0.1, -0.05) is 20.8 Å². The maximum absolute atomic E-state index is 12.4. The summed E-state index contributed by atoms with van der Waals surface area (Å²) < 4.78 is 0. The first-order valence-corrected chi connectivity index (χ1v) is 5.88. The molecule has 3 atom stereocenters. The smallest absolute Gasteiger partial charge is 0.199 e. The zero-order valence-electron chi connectivity index (χ0n) is 10.1. The molecule has 3 aliphatic carbocycles. The Kier molecular flexibility index (Phi) is 2.34. The first-order chi connectivity index (χ1) is 7.34. The summed E-state index contributed by atoms with van der Waals surface area (Å²) in [6, 6.07) is 0. The quantitative estimate of drug-likeness (QED) is 0.528. The number of rotatable bonds is 2. The second-order valence-corrected chi connectivity index (χ2v) is 6.01. The molecule has 0 aromatic heterocycles. The van der Waals surface area contributed by atoms with Crippen molar-refractivity contribution in [1.82, 2.24) is 0 Å². The van der Waals surface area contributed by atoms with Crippen molar-refractivity contribution in [3.05, 3.63) is 0 Å². The average Bonchev–Trinajstić information content (AvgIpc) is 2.25. The molecule has 3 fully saturated rings. The highest BCUT2D eigenvalue weighted by Gasteiger charge is 2.60. The first kappa shape index (κ1) is 11.5. The molecular weight excluding hydrogens is 204 g/mol. The molecule has 0 spiro atoms. The van der Waals surface area contributed by atoms with Crippen LogP contribution in [0.5, 0.6) is 0 Å². The van der Waals surface area contributed by atoms with Gasteiger partial charge >= 0.3 is 0 Å². The lowest BCUT2D eigenvalue weighted by molar-refractivity contribution is -0.165. The molecule has 3 unspecified atom stereocenters. The Morgan fingerprint density at radius 1 is 1.38 bits per heavy atom. The fraction of sp³-hybridized carbons (Fsp3) is 0.769. The van der Waals surface area contributed by atoms with Crippen LogP contribution in [0.15, 0.2) is 0 Å². The van der Waals surface area contributed by atoms with Crippen LogP contribution in [0.1, 0.15) is 40.0 Å². The van der Waals surface area contributed by atoms with Crippen molar-refractivity contribution in [3.63, 3.8) is 0 Å². The predicted octanol–water partition coefficient (Wildman–Crippen LogP) is 1.79. The molecule has 3 saturated carbocycles. The van der Waals surface area contributed by atoms with E-state index in [4.69, 9.17) is 0 Å². The highest BCUT2D eigenvalue weighted by molar-refractivity contribution is 6.27. The summed E-state index contributed by atoms with van der Waals surface area (Å²) in [6.45, 7) is 5.80. The van der Waals surface area contributed by atoms with Crippen molar-refractivity contribution < 1.29 is 14.4 Å². The average molecular weight is 222 g/mol. The summed E-state index contributed by atoms with van der Waals surface area (Å²) in [5.74, 6) is -0.334. The second-order valence-electron chi connectivity index (χ2n) is 6.01. The van der Waals surface area contributed by atoms with E-state index < -0.39 is 11.2 Å². The topological polar surface area (TPSA) is 51.2 Å². The summed E-state index contributed by atoms with van der Waals surface area (Å²) in [5, 5.41) is 0. The van der Waals surface area contributed by atoms with Crippen molar-refractivity contribution in [1.29, 1.82) is 0 Å². The van der Waals surface area contributed by atoms with Crippen LogP contribution >= 0.6 is 0 Å². The third-order valence-corrected chi connectivity index (χ3v) is 4.89. The minimum Gasteiger partial charge on any atom is -0.298 e. The Balaban J connectivity index is 2.42. The van der Waals surface area contributed by atoms with Gasteiger partial charge in [0.25, 0.3) is 0 Å². The number of aldehydes is 1. The Morgan fingerprint density at radius 3 is 2.56 bits per heavy atom. The molecule has 0 saturated heterocycles. The van der Waals surface area contributed by atoms with Crippen LogP contribution in [0.2, 0.25) is 0 Å². The number of fused-ring (bicyclic) bond motifs is 3. The Morgan fingerprint density at radius 2 is 2.00 bits per heavy atom. The van der Waals surface area contributed by atoms with Crippen molar-refractivity contribution in [2.45, 2.75) is 40.0 Å². The molecule has 0 radical (unpaired) electrons. The van der Waals surface area contributed by atoms with Crippen LogP contribution in [0.3, 0.4) is 0 Å². The molecule has 16 heavy (non-hydrogen) atoms.